The zero-order valence-electron chi connectivity index (χ0n) is 11.9. The Balaban J connectivity index is 1.88. The fourth-order valence-electron chi connectivity index (χ4n) is 2.05. The van der Waals surface area contributed by atoms with E-state index in [1.807, 2.05) is 30.3 Å². The van der Waals surface area contributed by atoms with Gasteiger partial charge in [-0.15, -0.1) is 0 Å². The molecule has 0 bridgehead atoms. The molecule has 0 aliphatic carbocycles. The monoisotopic (exact) mass is 339 g/mol. The van der Waals surface area contributed by atoms with Gasteiger partial charge in [-0.3, -0.25) is 0 Å². The van der Waals surface area contributed by atoms with Crippen LogP contribution in [0.2, 0.25) is 5.02 Å². The quantitative estimate of drug-likeness (QED) is 0.813. The van der Waals surface area contributed by atoms with Gasteiger partial charge in [0.25, 0.3) is 0 Å². The summed E-state index contributed by atoms with van der Waals surface area (Å²) < 4.78 is 26.5. The van der Waals surface area contributed by atoms with Crippen molar-refractivity contribution in [2.24, 2.45) is 0 Å². The molecule has 0 aliphatic heterocycles. The first-order valence-electron chi connectivity index (χ1n) is 6.89. The summed E-state index contributed by atoms with van der Waals surface area (Å²) in [6.45, 7) is -0.0261. The molecule has 0 saturated carbocycles. The summed E-state index contributed by atoms with van der Waals surface area (Å²) in [6.07, 6.45) is -0.376. The Morgan fingerprint density at radius 1 is 1.05 bits per heavy atom. The average Bonchev–Trinajstić information content (AvgIpc) is 2.49. The van der Waals surface area contributed by atoms with Crippen LogP contribution in [0.3, 0.4) is 0 Å². The molecular weight excluding hydrogens is 322 g/mol. The maximum absolute atomic E-state index is 12.0. The molecule has 0 radical (unpaired) electrons. The van der Waals surface area contributed by atoms with Crippen LogP contribution in [-0.2, 0) is 22.2 Å². The summed E-state index contributed by atoms with van der Waals surface area (Å²) in [5.74, 6) is -0.204. The Kier molecular flexibility index (Phi) is 5.97. The first-order valence-corrected chi connectivity index (χ1v) is 8.92. The molecule has 0 fully saturated rings. The van der Waals surface area contributed by atoms with E-state index in [2.05, 4.69) is 4.72 Å². The highest BCUT2D eigenvalue weighted by molar-refractivity contribution is 7.88. The van der Waals surface area contributed by atoms with Crippen molar-refractivity contribution in [2.45, 2.75) is 18.3 Å². The van der Waals surface area contributed by atoms with Crippen LogP contribution in [0, 0.1) is 0 Å². The van der Waals surface area contributed by atoms with Crippen LogP contribution < -0.4 is 4.72 Å². The van der Waals surface area contributed by atoms with Gasteiger partial charge in [0.05, 0.1) is 11.9 Å². The standard InChI is InChI=1S/C16H18ClNO3S/c17-16-9-5-4-8-14(16)12-22(20,21)18-11-15(19)10-13-6-2-1-3-7-13/h1-9,15,18-19H,10-12H2. The number of aliphatic hydroxyl groups is 1. The summed E-state index contributed by atoms with van der Waals surface area (Å²) in [5.41, 5.74) is 1.49. The van der Waals surface area contributed by atoms with Crippen LogP contribution in [0.4, 0.5) is 0 Å². The Morgan fingerprint density at radius 3 is 2.36 bits per heavy atom. The molecule has 0 aliphatic rings. The first kappa shape index (κ1) is 17.0. The molecule has 118 valence electrons. The number of sulfonamides is 1. The molecule has 0 aromatic heterocycles. The number of hydrogen-bond acceptors (Lipinski definition) is 3. The maximum Gasteiger partial charge on any atom is 0.215 e. The third kappa shape index (κ3) is 5.42. The zero-order chi connectivity index (χ0) is 16.0. The third-order valence-electron chi connectivity index (χ3n) is 3.16. The van der Waals surface area contributed by atoms with E-state index in [4.69, 9.17) is 11.6 Å². The van der Waals surface area contributed by atoms with Crippen molar-refractivity contribution >= 4 is 21.6 Å². The summed E-state index contributed by atoms with van der Waals surface area (Å²) in [5, 5.41) is 10.3. The second-order valence-corrected chi connectivity index (χ2v) is 7.26. The Bertz CT molecular complexity index is 704. The maximum atomic E-state index is 12.0. The Morgan fingerprint density at radius 2 is 1.68 bits per heavy atom. The fraction of sp³-hybridized carbons (Fsp3) is 0.250. The largest absolute Gasteiger partial charge is 0.391 e. The fourth-order valence-corrected chi connectivity index (χ4v) is 3.54. The van der Waals surface area contributed by atoms with Gasteiger partial charge in [-0.1, -0.05) is 60.1 Å². The number of hydrogen-bond donors (Lipinski definition) is 2. The van der Waals surface area contributed by atoms with Crippen molar-refractivity contribution in [3.05, 3.63) is 70.7 Å². The van der Waals surface area contributed by atoms with Crippen molar-refractivity contribution in [3.63, 3.8) is 0 Å². The van der Waals surface area contributed by atoms with Crippen molar-refractivity contribution in [1.82, 2.24) is 4.72 Å². The molecule has 22 heavy (non-hydrogen) atoms. The van der Waals surface area contributed by atoms with Gasteiger partial charge in [0, 0.05) is 11.6 Å². The summed E-state index contributed by atoms with van der Waals surface area (Å²) >= 11 is 5.96. The molecule has 1 atom stereocenters. The smallest absolute Gasteiger partial charge is 0.215 e. The van der Waals surface area contributed by atoms with Crippen LogP contribution in [0.15, 0.2) is 54.6 Å². The van der Waals surface area contributed by atoms with Crippen molar-refractivity contribution in [3.8, 4) is 0 Å². The van der Waals surface area contributed by atoms with E-state index in [0.717, 1.165) is 5.56 Å². The lowest BCUT2D eigenvalue weighted by atomic mass is 10.1. The van der Waals surface area contributed by atoms with Crippen molar-refractivity contribution in [1.29, 1.82) is 0 Å². The minimum Gasteiger partial charge on any atom is -0.391 e. The van der Waals surface area contributed by atoms with Gasteiger partial charge in [-0.25, -0.2) is 13.1 Å². The van der Waals surface area contributed by atoms with E-state index in [1.54, 1.807) is 24.3 Å². The second-order valence-electron chi connectivity index (χ2n) is 5.04. The van der Waals surface area contributed by atoms with Gasteiger partial charge < -0.3 is 5.11 Å². The van der Waals surface area contributed by atoms with Gasteiger partial charge in [0.1, 0.15) is 0 Å². The summed E-state index contributed by atoms with van der Waals surface area (Å²) in [7, 11) is -3.54. The van der Waals surface area contributed by atoms with Crippen molar-refractivity contribution in [2.75, 3.05) is 6.54 Å². The normalized spacial score (nSPS) is 13.0. The van der Waals surface area contributed by atoms with Crippen LogP contribution in [0.25, 0.3) is 0 Å². The predicted octanol–water partition coefficient (Wildman–Crippen LogP) is 2.36. The topological polar surface area (TPSA) is 66.4 Å². The zero-order valence-corrected chi connectivity index (χ0v) is 13.5. The SMILES string of the molecule is O=S(=O)(Cc1ccccc1Cl)NCC(O)Cc1ccccc1. The van der Waals surface area contributed by atoms with E-state index in [-0.39, 0.29) is 12.3 Å². The minimum absolute atomic E-state index is 0.0261. The highest BCUT2D eigenvalue weighted by Crippen LogP contribution is 2.17. The lowest BCUT2D eigenvalue weighted by Gasteiger charge is -2.13. The average molecular weight is 340 g/mol. The highest BCUT2D eigenvalue weighted by Gasteiger charge is 2.15. The molecular formula is C16H18ClNO3S. The van der Waals surface area contributed by atoms with Gasteiger partial charge >= 0.3 is 0 Å². The number of halogens is 1. The number of nitrogens with one attached hydrogen (secondary N) is 1. The molecule has 2 rings (SSSR count). The van der Waals surface area contributed by atoms with Gasteiger partial charge in [-0.05, 0) is 23.6 Å². The Labute approximate surface area is 135 Å². The molecule has 2 aromatic carbocycles. The predicted molar refractivity (Wildman–Crippen MR) is 88.2 cm³/mol. The van der Waals surface area contributed by atoms with Gasteiger partial charge in [0.2, 0.25) is 10.0 Å². The van der Waals surface area contributed by atoms with Crippen LogP contribution in [-0.4, -0.2) is 26.2 Å². The minimum atomic E-state index is -3.54. The van der Waals surface area contributed by atoms with Crippen LogP contribution in [0.5, 0.6) is 0 Å². The summed E-state index contributed by atoms with van der Waals surface area (Å²) in [6, 6.07) is 16.2. The van der Waals surface area contributed by atoms with E-state index in [9.17, 15) is 13.5 Å². The second kappa shape index (κ2) is 7.74. The van der Waals surface area contributed by atoms with Gasteiger partial charge in [-0.2, -0.15) is 0 Å². The van der Waals surface area contributed by atoms with E-state index >= 15 is 0 Å². The molecule has 6 heteroatoms. The van der Waals surface area contributed by atoms with E-state index in [0.29, 0.717) is 17.0 Å². The first-order chi connectivity index (χ1) is 10.5. The highest BCUT2D eigenvalue weighted by atomic mass is 35.5. The van der Waals surface area contributed by atoms with Crippen LogP contribution in [0.1, 0.15) is 11.1 Å². The Hall–Kier alpha value is -1.40. The molecule has 0 amide bonds. The van der Waals surface area contributed by atoms with E-state index in [1.165, 1.54) is 0 Å². The van der Waals surface area contributed by atoms with Crippen molar-refractivity contribution < 1.29 is 13.5 Å². The number of benzene rings is 2. The lowest BCUT2D eigenvalue weighted by molar-refractivity contribution is 0.179. The molecule has 0 spiro atoms. The van der Waals surface area contributed by atoms with E-state index < -0.39 is 16.1 Å². The molecule has 4 nitrogen and oxygen atoms in total. The van der Waals surface area contributed by atoms with Crippen LogP contribution >= 0.6 is 11.6 Å². The summed E-state index contributed by atoms with van der Waals surface area (Å²) in [4.78, 5) is 0. The number of aliphatic hydroxyl groups excluding tert-OH is 1. The molecule has 0 heterocycles. The third-order valence-corrected chi connectivity index (χ3v) is 4.82. The van der Waals surface area contributed by atoms with Gasteiger partial charge in [0.15, 0.2) is 0 Å². The molecule has 1 unspecified atom stereocenters. The molecule has 2 aromatic rings. The molecule has 2 N–H and O–H groups in total. The molecule has 0 saturated heterocycles. The number of rotatable bonds is 7. The lowest BCUT2D eigenvalue weighted by Crippen LogP contribution is -2.34.